The normalized spacial score (nSPS) is 37.1. The van der Waals surface area contributed by atoms with E-state index >= 15 is 0 Å². The smallest absolute Gasteiger partial charge is 0.490 e. The molecule has 0 aromatic heterocycles. The van der Waals surface area contributed by atoms with E-state index in [1.165, 1.54) is 0 Å². The van der Waals surface area contributed by atoms with Crippen LogP contribution in [0.2, 0.25) is 0 Å². The highest BCUT2D eigenvalue weighted by molar-refractivity contribution is 5.75. The van der Waals surface area contributed by atoms with Gasteiger partial charge < -0.3 is 14.6 Å². The Morgan fingerprint density at radius 2 is 1.51 bits per heavy atom. The SMILES string of the molecule is C[C@H](CCC(=O)OC(C(F)(F)F)C(F)(F)F)[C@H]1CC[C@H]2[C@@H]3C=C(O)C4C[C@H](OC(=O)C(F)(F)F)CC[C@]4(C)[C@H]3CC[C@]12C. The fourth-order valence-corrected chi connectivity index (χ4v) is 9.07. The van der Waals surface area contributed by atoms with Crippen LogP contribution in [0.15, 0.2) is 11.8 Å². The van der Waals surface area contributed by atoms with Crippen LogP contribution < -0.4 is 0 Å². The van der Waals surface area contributed by atoms with Gasteiger partial charge in [-0.15, -0.1) is 0 Å². The van der Waals surface area contributed by atoms with Gasteiger partial charge in [0.2, 0.25) is 0 Å². The molecule has 0 spiro atoms. The Morgan fingerprint density at radius 3 is 2.09 bits per heavy atom. The number of aliphatic hydroxyl groups excluding tert-OH is 1. The number of hydrogen-bond donors (Lipinski definition) is 1. The van der Waals surface area contributed by atoms with Gasteiger partial charge in [0.05, 0.1) is 5.76 Å². The lowest BCUT2D eigenvalue weighted by Gasteiger charge is -2.59. The highest BCUT2D eigenvalue weighted by Crippen LogP contribution is 2.67. The largest absolute Gasteiger partial charge is 0.512 e. The minimum Gasteiger partial charge on any atom is -0.512 e. The third kappa shape index (κ3) is 6.48. The van der Waals surface area contributed by atoms with Gasteiger partial charge in [0.1, 0.15) is 6.10 Å². The van der Waals surface area contributed by atoms with Crippen molar-refractivity contribution in [2.75, 3.05) is 0 Å². The van der Waals surface area contributed by atoms with E-state index in [1.807, 2.05) is 13.8 Å². The Hall–Kier alpha value is -2.15. The Morgan fingerprint density at radius 1 is 0.930 bits per heavy atom. The van der Waals surface area contributed by atoms with Crippen LogP contribution in [0.5, 0.6) is 0 Å². The zero-order chi connectivity index (χ0) is 32.3. The Balaban J connectivity index is 1.43. The fourth-order valence-electron chi connectivity index (χ4n) is 9.07. The van der Waals surface area contributed by atoms with E-state index in [-0.39, 0.29) is 60.0 Å². The maximum absolute atomic E-state index is 12.8. The van der Waals surface area contributed by atoms with E-state index in [1.54, 1.807) is 6.08 Å². The number of allylic oxidation sites excluding steroid dienone is 2. The first-order chi connectivity index (χ1) is 19.6. The average molecular weight is 637 g/mol. The van der Waals surface area contributed by atoms with E-state index in [9.17, 15) is 54.2 Å². The molecule has 0 radical (unpaired) electrons. The van der Waals surface area contributed by atoms with Crippen molar-refractivity contribution in [2.24, 2.45) is 46.3 Å². The second-order valence-corrected chi connectivity index (χ2v) is 13.4. The molecule has 1 N–H and O–H groups in total. The maximum atomic E-state index is 12.8. The molecule has 5 nitrogen and oxygen atoms in total. The summed E-state index contributed by atoms with van der Waals surface area (Å²) < 4.78 is 123. The van der Waals surface area contributed by atoms with Gasteiger partial charge in [-0.3, -0.25) is 4.79 Å². The number of esters is 2. The lowest BCUT2D eigenvalue weighted by atomic mass is 9.46. The monoisotopic (exact) mass is 636 g/mol. The molecule has 0 aliphatic heterocycles. The molecule has 4 aliphatic carbocycles. The lowest BCUT2D eigenvalue weighted by Crippen LogP contribution is -2.54. The van der Waals surface area contributed by atoms with Crippen LogP contribution in [0.3, 0.4) is 0 Å². The third-order valence-corrected chi connectivity index (χ3v) is 11.1. The predicted molar refractivity (Wildman–Crippen MR) is 133 cm³/mol. The summed E-state index contributed by atoms with van der Waals surface area (Å²) in [5, 5.41) is 11.1. The second kappa shape index (κ2) is 11.3. The van der Waals surface area contributed by atoms with E-state index in [4.69, 9.17) is 4.74 Å². The van der Waals surface area contributed by atoms with Crippen molar-refractivity contribution in [2.45, 2.75) is 109 Å². The summed E-state index contributed by atoms with van der Waals surface area (Å²) in [6, 6.07) is 0. The molecule has 0 saturated heterocycles. The van der Waals surface area contributed by atoms with Crippen molar-refractivity contribution in [3.05, 3.63) is 11.8 Å². The van der Waals surface area contributed by atoms with E-state index < -0.39 is 60.4 Å². The predicted octanol–water partition coefficient (Wildman–Crippen LogP) is 8.23. The molecule has 3 saturated carbocycles. The van der Waals surface area contributed by atoms with E-state index in [0.29, 0.717) is 6.42 Å². The molecule has 9 atom stereocenters. The van der Waals surface area contributed by atoms with Gasteiger partial charge in [0, 0.05) is 12.3 Å². The van der Waals surface area contributed by atoms with Crippen molar-refractivity contribution in [1.29, 1.82) is 0 Å². The van der Waals surface area contributed by atoms with E-state index in [0.717, 1.165) is 25.7 Å². The van der Waals surface area contributed by atoms with Crippen molar-refractivity contribution in [3.8, 4) is 0 Å². The zero-order valence-electron chi connectivity index (χ0n) is 24.0. The number of fused-ring (bicyclic) bond motifs is 5. The molecular formula is C29H37F9O5. The number of aliphatic hydroxyl groups is 1. The van der Waals surface area contributed by atoms with E-state index in [2.05, 4.69) is 11.7 Å². The second-order valence-electron chi connectivity index (χ2n) is 13.4. The van der Waals surface area contributed by atoms with Gasteiger partial charge in [-0.1, -0.05) is 20.8 Å². The number of hydrogen-bond acceptors (Lipinski definition) is 5. The van der Waals surface area contributed by atoms with Crippen molar-refractivity contribution < 1.29 is 63.7 Å². The number of carbonyl (C=O) groups is 2. The number of alkyl halides is 9. The van der Waals surface area contributed by atoms with Gasteiger partial charge in [-0.05, 0) is 97.9 Å². The van der Waals surface area contributed by atoms with Gasteiger partial charge in [0.15, 0.2) is 0 Å². The highest BCUT2D eigenvalue weighted by Gasteiger charge is 2.62. The fraction of sp³-hybridized carbons (Fsp3) is 0.862. The van der Waals surface area contributed by atoms with Crippen molar-refractivity contribution >= 4 is 11.9 Å². The summed E-state index contributed by atoms with van der Waals surface area (Å²) in [6.07, 6.45) is -16.7. The van der Waals surface area contributed by atoms with Gasteiger partial charge in [0.25, 0.3) is 6.10 Å². The molecule has 0 aromatic carbocycles. The van der Waals surface area contributed by atoms with Crippen LogP contribution in [-0.4, -0.2) is 47.8 Å². The molecular weight excluding hydrogens is 599 g/mol. The first kappa shape index (κ1) is 33.7. The summed E-state index contributed by atoms with van der Waals surface area (Å²) in [7, 11) is 0. The molecule has 3 fully saturated rings. The van der Waals surface area contributed by atoms with Crippen LogP contribution in [-0.2, 0) is 19.1 Å². The average Bonchev–Trinajstić information content (AvgIpc) is 3.22. The topological polar surface area (TPSA) is 72.8 Å². The van der Waals surface area contributed by atoms with Crippen molar-refractivity contribution in [1.82, 2.24) is 0 Å². The molecule has 0 aromatic rings. The summed E-state index contributed by atoms with van der Waals surface area (Å²) >= 11 is 0. The molecule has 0 bridgehead atoms. The molecule has 43 heavy (non-hydrogen) atoms. The first-order valence-corrected chi connectivity index (χ1v) is 14.6. The molecule has 1 unspecified atom stereocenters. The number of rotatable bonds is 6. The van der Waals surface area contributed by atoms with Gasteiger partial charge in [-0.25, -0.2) is 4.79 Å². The molecule has 14 heteroatoms. The Kier molecular flexibility index (Phi) is 8.89. The highest BCUT2D eigenvalue weighted by atomic mass is 19.4. The lowest BCUT2D eigenvalue weighted by molar-refractivity contribution is -0.313. The van der Waals surface area contributed by atoms with Gasteiger partial charge >= 0.3 is 30.5 Å². The summed E-state index contributed by atoms with van der Waals surface area (Å²) in [5.74, 6) is -4.15. The number of halogens is 9. The minimum atomic E-state index is -5.77. The van der Waals surface area contributed by atoms with Crippen LogP contribution >= 0.6 is 0 Å². The quantitative estimate of drug-likeness (QED) is 0.235. The first-order valence-electron chi connectivity index (χ1n) is 14.6. The summed E-state index contributed by atoms with van der Waals surface area (Å²) in [4.78, 5) is 23.4. The van der Waals surface area contributed by atoms with Crippen LogP contribution in [0.1, 0.15) is 78.6 Å². The molecule has 4 rings (SSSR count). The van der Waals surface area contributed by atoms with Gasteiger partial charge in [-0.2, -0.15) is 39.5 Å². The minimum absolute atomic E-state index is 0.0317. The Bertz CT molecular complexity index is 1090. The molecule has 0 amide bonds. The number of ether oxygens (including phenoxy) is 2. The Labute approximate surface area is 243 Å². The molecule has 246 valence electrons. The zero-order valence-corrected chi connectivity index (χ0v) is 24.0. The maximum Gasteiger partial charge on any atom is 0.490 e. The summed E-state index contributed by atoms with van der Waals surface area (Å²) in [5.41, 5.74) is -0.683. The third-order valence-electron chi connectivity index (χ3n) is 11.1. The van der Waals surface area contributed by atoms with Crippen LogP contribution in [0, 0.1) is 46.3 Å². The molecule has 4 aliphatic rings. The standard InChI is InChI=1S/C29H37F9O5/c1-14(4-7-22(40)43-23(27(30,31)32)28(33,34)35)17-5-6-18-16-13-21(39)20-12-15(42-24(41)29(36,37)38)8-10-26(20,3)19(16)9-11-25(17,18)2/h13-20,23,39H,4-12H2,1-3H3/t14-,15-,16+,17-,18+,19+,20?,25-,26-/m1/s1. The van der Waals surface area contributed by atoms with Crippen molar-refractivity contribution in [3.63, 3.8) is 0 Å². The number of carbonyl (C=O) groups excluding carboxylic acids is 2. The molecule has 0 heterocycles. The summed E-state index contributed by atoms with van der Waals surface area (Å²) in [6.45, 7) is 5.97. The van der Waals surface area contributed by atoms with Crippen LogP contribution in [0.25, 0.3) is 0 Å². The van der Waals surface area contributed by atoms with Crippen LogP contribution in [0.4, 0.5) is 39.5 Å².